The number of nitrogens with two attached hydrogens (primary N) is 1. The van der Waals surface area contributed by atoms with Gasteiger partial charge in [0, 0.05) is 5.56 Å². The molecule has 0 aliphatic rings. The number of phenolic OH excluding ortho intramolecular Hbond substituents is 1. The summed E-state index contributed by atoms with van der Waals surface area (Å²) in [5, 5.41) is 16.8. The van der Waals surface area contributed by atoms with Crippen LogP contribution in [0.5, 0.6) is 11.5 Å². The molecule has 5 heteroatoms. The summed E-state index contributed by atoms with van der Waals surface area (Å²) in [5.74, 6) is 0.288. The molecule has 0 aliphatic carbocycles. The summed E-state index contributed by atoms with van der Waals surface area (Å²) in [6.07, 6.45) is 0. The Morgan fingerprint density at radius 1 is 1.64 bits per heavy atom. The van der Waals surface area contributed by atoms with Gasteiger partial charge in [-0.3, -0.25) is 5.41 Å². The van der Waals surface area contributed by atoms with E-state index in [2.05, 4.69) is 15.9 Å². The minimum atomic E-state index is -0.0633. The number of aromatic hydroxyl groups is 1. The van der Waals surface area contributed by atoms with Crippen LogP contribution in [0.4, 0.5) is 0 Å². The van der Waals surface area contributed by atoms with Gasteiger partial charge in [-0.15, -0.1) is 0 Å². The molecule has 0 amide bonds. The Labute approximate surface area is 90.3 Å². The van der Waals surface area contributed by atoms with Gasteiger partial charge in [0.2, 0.25) is 0 Å². The predicted molar refractivity (Wildman–Crippen MR) is 58.0 cm³/mol. The van der Waals surface area contributed by atoms with E-state index in [0.29, 0.717) is 22.4 Å². The van der Waals surface area contributed by atoms with Gasteiger partial charge in [0.25, 0.3) is 0 Å². The molecule has 1 aromatic rings. The van der Waals surface area contributed by atoms with Crippen LogP contribution >= 0.6 is 15.9 Å². The van der Waals surface area contributed by atoms with Gasteiger partial charge < -0.3 is 15.6 Å². The van der Waals surface area contributed by atoms with Crippen LogP contribution in [0, 0.1) is 5.41 Å². The zero-order valence-electron chi connectivity index (χ0n) is 7.67. The number of amidine groups is 1. The first kappa shape index (κ1) is 10.8. The molecule has 14 heavy (non-hydrogen) atoms. The van der Waals surface area contributed by atoms with Gasteiger partial charge in [-0.05, 0) is 35.0 Å². The Morgan fingerprint density at radius 2 is 2.29 bits per heavy atom. The Kier molecular flexibility index (Phi) is 3.35. The second kappa shape index (κ2) is 4.32. The smallest absolute Gasteiger partial charge is 0.172 e. The number of ether oxygens (including phenoxy) is 1. The highest BCUT2D eigenvalue weighted by atomic mass is 79.9. The first-order valence-electron chi connectivity index (χ1n) is 4.06. The molecule has 0 heterocycles. The molecule has 4 nitrogen and oxygen atoms in total. The van der Waals surface area contributed by atoms with Crippen molar-refractivity contribution in [1.82, 2.24) is 0 Å². The molecule has 1 rings (SSSR count). The number of benzene rings is 1. The fraction of sp³-hybridized carbons (Fsp3) is 0.222. The van der Waals surface area contributed by atoms with Gasteiger partial charge in [0.15, 0.2) is 11.5 Å². The van der Waals surface area contributed by atoms with E-state index in [-0.39, 0.29) is 11.6 Å². The molecule has 0 spiro atoms. The van der Waals surface area contributed by atoms with E-state index < -0.39 is 0 Å². The number of hydrogen-bond donors (Lipinski definition) is 3. The lowest BCUT2D eigenvalue weighted by atomic mass is 10.2. The summed E-state index contributed by atoms with van der Waals surface area (Å²) < 4.78 is 5.64. The molecule has 0 atom stereocenters. The highest BCUT2D eigenvalue weighted by Crippen LogP contribution is 2.35. The van der Waals surface area contributed by atoms with Gasteiger partial charge in [0.1, 0.15) is 5.84 Å². The number of phenols is 1. The molecule has 1 aromatic carbocycles. The normalized spacial score (nSPS) is 9.86. The highest BCUT2D eigenvalue weighted by Gasteiger charge is 2.10. The van der Waals surface area contributed by atoms with Crippen molar-refractivity contribution in [3.05, 3.63) is 22.2 Å². The van der Waals surface area contributed by atoms with Crippen molar-refractivity contribution in [3.8, 4) is 11.5 Å². The molecule has 0 radical (unpaired) electrons. The lowest BCUT2D eigenvalue weighted by Gasteiger charge is -2.09. The summed E-state index contributed by atoms with van der Waals surface area (Å²) in [5.41, 5.74) is 5.84. The van der Waals surface area contributed by atoms with Crippen LogP contribution in [0.3, 0.4) is 0 Å². The second-order valence-corrected chi connectivity index (χ2v) is 3.51. The van der Waals surface area contributed by atoms with E-state index in [1.165, 1.54) is 6.07 Å². The molecule has 4 N–H and O–H groups in total. The number of nitrogen functional groups attached to an aromatic ring is 1. The van der Waals surface area contributed by atoms with Gasteiger partial charge in [-0.1, -0.05) is 0 Å². The SMILES string of the molecule is CCOc1cc(C(=N)N)cc(Br)c1O. The van der Waals surface area contributed by atoms with Crippen LogP contribution in [-0.4, -0.2) is 17.5 Å². The van der Waals surface area contributed by atoms with Gasteiger partial charge >= 0.3 is 0 Å². The van der Waals surface area contributed by atoms with E-state index in [9.17, 15) is 5.11 Å². The molecule has 76 valence electrons. The lowest BCUT2D eigenvalue weighted by molar-refractivity contribution is 0.317. The standard InChI is InChI=1S/C9H11BrN2O2/c1-2-14-7-4-5(9(11)12)3-6(10)8(7)13/h3-4,13H,2H2,1H3,(H3,11,12). The third-order valence-electron chi connectivity index (χ3n) is 1.64. The summed E-state index contributed by atoms with van der Waals surface area (Å²) >= 11 is 3.15. The first-order valence-corrected chi connectivity index (χ1v) is 4.85. The fourth-order valence-electron chi connectivity index (χ4n) is 0.995. The van der Waals surface area contributed by atoms with Crippen LogP contribution in [0.25, 0.3) is 0 Å². The maximum atomic E-state index is 9.55. The molecule has 0 aliphatic heterocycles. The van der Waals surface area contributed by atoms with Crippen LogP contribution in [0.15, 0.2) is 16.6 Å². The zero-order chi connectivity index (χ0) is 10.7. The van der Waals surface area contributed by atoms with Crippen molar-refractivity contribution in [3.63, 3.8) is 0 Å². The van der Waals surface area contributed by atoms with Crippen LogP contribution in [0.2, 0.25) is 0 Å². The Bertz CT molecular complexity index is 366. The molecule has 0 saturated heterocycles. The Balaban J connectivity index is 3.20. The number of nitrogens with one attached hydrogen (secondary N) is 1. The van der Waals surface area contributed by atoms with E-state index >= 15 is 0 Å². The van der Waals surface area contributed by atoms with Crippen molar-refractivity contribution in [1.29, 1.82) is 5.41 Å². The van der Waals surface area contributed by atoms with Crippen molar-refractivity contribution >= 4 is 21.8 Å². The van der Waals surface area contributed by atoms with Crippen molar-refractivity contribution in [2.75, 3.05) is 6.61 Å². The van der Waals surface area contributed by atoms with E-state index in [1.54, 1.807) is 6.07 Å². The maximum Gasteiger partial charge on any atom is 0.172 e. The molecule has 0 fully saturated rings. The number of rotatable bonds is 3. The molecule has 0 unspecified atom stereocenters. The first-order chi connectivity index (χ1) is 6.56. The third-order valence-corrected chi connectivity index (χ3v) is 2.24. The Morgan fingerprint density at radius 3 is 2.79 bits per heavy atom. The number of halogens is 1. The van der Waals surface area contributed by atoms with Crippen LogP contribution in [-0.2, 0) is 0 Å². The second-order valence-electron chi connectivity index (χ2n) is 2.65. The summed E-state index contributed by atoms with van der Waals surface area (Å²) in [7, 11) is 0. The minimum absolute atomic E-state index is 0.0249. The fourth-order valence-corrected chi connectivity index (χ4v) is 1.44. The van der Waals surface area contributed by atoms with Crippen LogP contribution in [0.1, 0.15) is 12.5 Å². The van der Waals surface area contributed by atoms with Crippen LogP contribution < -0.4 is 10.5 Å². The van der Waals surface area contributed by atoms with Gasteiger partial charge in [-0.2, -0.15) is 0 Å². The molecular weight excluding hydrogens is 248 g/mol. The van der Waals surface area contributed by atoms with E-state index in [4.69, 9.17) is 15.9 Å². The predicted octanol–water partition coefficient (Wildman–Crippen LogP) is 1.84. The molecule has 0 aromatic heterocycles. The van der Waals surface area contributed by atoms with Crippen molar-refractivity contribution in [2.45, 2.75) is 6.92 Å². The average Bonchev–Trinajstić information content (AvgIpc) is 2.12. The zero-order valence-corrected chi connectivity index (χ0v) is 9.26. The Hall–Kier alpha value is -1.23. The lowest BCUT2D eigenvalue weighted by Crippen LogP contribution is -2.11. The maximum absolute atomic E-state index is 9.55. The average molecular weight is 259 g/mol. The van der Waals surface area contributed by atoms with E-state index in [1.807, 2.05) is 6.92 Å². The largest absolute Gasteiger partial charge is 0.503 e. The number of hydrogen-bond acceptors (Lipinski definition) is 3. The molecule has 0 bridgehead atoms. The molecular formula is C9H11BrN2O2. The molecule has 0 saturated carbocycles. The monoisotopic (exact) mass is 258 g/mol. The summed E-state index contributed by atoms with van der Waals surface area (Å²) in [4.78, 5) is 0. The van der Waals surface area contributed by atoms with Gasteiger partial charge in [-0.25, -0.2) is 0 Å². The van der Waals surface area contributed by atoms with Gasteiger partial charge in [0.05, 0.1) is 11.1 Å². The minimum Gasteiger partial charge on any atom is -0.503 e. The third kappa shape index (κ3) is 2.17. The van der Waals surface area contributed by atoms with E-state index in [0.717, 1.165) is 0 Å². The quantitative estimate of drug-likeness (QED) is 0.572. The van der Waals surface area contributed by atoms with Crippen molar-refractivity contribution < 1.29 is 9.84 Å². The topological polar surface area (TPSA) is 79.3 Å². The highest BCUT2D eigenvalue weighted by molar-refractivity contribution is 9.10. The van der Waals surface area contributed by atoms with Crippen molar-refractivity contribution in [2.24, 2.45) is 5.73 Å². The summed E-state index contributed by atoms with van der Waals surface area (Å²) in [6.45, 7) is 2.26. The summed E-state index contributed by atoms with van der Waals surface area (Å²) in [6, 6.07) is 3.10.